The lowest BCUT2D eigenvalue weighted by Crippen LogP contribution is -2.36. The van der Waals surface area contributed by atoms with Crippen molar-refractivity contribution in [1.29, 1.82) is 0 Å². The number of carbonyl (C=O) groups is 2. The molecule has 2 amide bonds. The van der Waals surface area contributed by atoms with Crippen molar-refractivity contribution in [2.45, 2.75) is 6.54 Å². The van der Waals surface area contributed by atoms with Crippen LogP contribution < -0.4 is 15.4 Å². The van der Waals surface area contributed by atoms with E-state index in [1.165, 1.54) is 7.11 Å². The molecule has 1 heterocycles. The molecule has 1 aromatic heterocycles. The van der Waals surface area contributed by atoms with Gasteiger partial charge in [-0.15, -0.1) is 0 Å². The number of hydrogen-bond donors (Lipinski definition) is 3. The van der Waals surface area contributed by atoms with Crippen molar-refractivity contribution in [3.63, 3.8) is 0 Å². The number of aromatic nitrogens is 1. The molecule has 0 unspecified atom stereocenters. The van der Waals surface area contributed by atoms with E-state index in [2.05, 4.69) is 15.6 Å². The van der Waals surface area contributed by atoms with Gasteiger partial charge in [0.05, 0.1) is 25.8 Å². The van der Waals surface area contributed by atoms with E-state index < -0.39 is 0 Å². The number of carbonyl (C=O) groups excluding carboxylic acids is 2. The van der Waals surface area contributed by atoms with Crippen LogP contribution in [0, 0.1) is 0 Å². The average Bonchev–Trinajstić information content (AvgIpc) is 3.04. The minimum absolute atomic E-state index is 0.0857. The molecule has 2 aromatic rings. The van der Waals surface area contributed by atoms with Gasteiger partial charge in [0.15, 0.2) is 0 Å². The van der Waals surface area contributed by atoms with Gasteiger partial charge in [-0.2, -0.15) is 0 Å². The first-order valence-corrected chi connectivity index (χ1v) is 6.51. The fraction of sp³-hybridized carbons (Fsp3) is 0.200. The van der Waals surface area contributed by atoms with E-state index in [9.17, 15) is 9.59 Å². The molecule has 0 fully saturated rings. The van der Waals surface area contributed by atoms with E-state index in [0.717, 1.165) is 5.69 Å². The van der Waals surface area contributed by atoms with Gasteiger partial charge in [0.2, 0.25) is 5.91 Å². The quantitative estimate of drug-likeness (QED) is 0.743. The van der Waals surface area contributed by atoms with Crippen molar-refractivity contribution in [2.24, 2.45) is 0 Å². The van der Waals surface area contributed by atoms with Crippen LogP contribution in [-0.4, -0.2) is 30.5 Å². The fourth-order valence-electron chi connectivity index (χ4n) is 1.82. The van der Waals surface area contributed by atoms with Gasteiger partial charge in [0.1, 0.15) is 5.75 Å². The number of benzene rings is 1. The maximum atomic E-state index is 12.0. The van der Waals surface area contributed by atoms with Gasteiger partial charge in [-0.25, -0.2) is 0 Å². The molecule has 6 heteroatoms. The maximum absolute atomic E-state index is 12.0. The Morgan fingerprint density at radius 1 is 1.14 bits per heavy atom. The fourth-order valence-corrected chi connectivity index (χ4v) is 1.82. The first kappa shape index (κ1) is 14.6. The highest BCUT2D eigenvalue weighted by Crippen LogP contribution is 2.16. The lowest BCUT2D eigenvalue weighted by atomic mass is 10.2. The summed E-state index contributed by atoms with van der Waals surface area (Å²) in [7, 11) is 1.50. The topological polar surface area (TPSA) is 83.2 Å². The lowest BCUT2D eigenvalue weighted by Gasteiger charge is -2.09. The number of H-pyrrole nitrogens is 1. The third kappa shape index (κ3) is 4.10. The third-order valence-corrected chi connectivity index (χ3v) is 2.90. The number of para-hydroxylation sites is 1. The second-order valence-electron chi connectivity index (χ2n) is 4.36. The zero-order chi connectivity index (χ0) is 15.1. The highest BCUT2D eigenvalue weighted by molar-refractivity contribution is 5.98. The van der Waals surface area contributed by atoms with Gasteiger partial charge in [-0.05, 0) is 24.3 Å². The molecule has 0 atom stereocenters. The summed E-state index contributed by atoms with van der Waals surface area (Å²) >= 11 is 0. The molecule has 0 aliphatic carbocycles. The molecule has 110 valence electrons. The Morgan fingerprint density at radius 3 is 2.67 bits per heavy atom. The van der Waals surface area contributed by atoms with Crippen LogP contribution in [0.2, 0.25) is 0 Å². The summed E-state index contributed by atoms with van der Waals surface area (Å²) in [6, 6.07) is 10.6. The lowest BCUT2D eigenvalue weighted by molar-refractivity contribution is -0.120. The Balaban J connectivity index is 1.82. The Labute approximate surface area is 122 Å². The van der Waals surface area contributed by atoms with Crippen LogP contribution in [0.3, 0.4) is 0 Å². The van der Waals surface area contributed by atoms with E-state index in [0.29, 0.717) is 17.9 Å². The monoisotopic (exact) mass is 287 g/mol. The number of nitrogens with one attached hydrogen (secondary N) is 3. The van der Waals surface area contributed by atoms with Crippen LogP contribution in [0.5, 0.6) is 5.75 Å². The molecule has 21 heavy (non-hydrogen) atoms. The van der Waals surface area contributed by atoms with Crippen molar-refractivity contribution in [2.75, 3.05) is 13.7 Å². The summed E-state index contributed by atoms with van der Waals surface area (Å²) in [5.74, 6) is -0.128. The number of hydrogen-bond acceptors (Lipinski definition) is 3. The van der Waals surface area contributed by atoms with Crippen LogP contribution >= 0.6 is 0 Å². The number of methoxy groups -OCH3 is 1. The largest absolute Gasteiger partial charge is 0.496 e. The molecule has 0 aliphatic rings. The van der Waals surface area contributed by atoms with Crippen LogP contribution in [0.25, 0.3) is 0 Å². The molecule has 2 rings (SSSR count). The van der Waals surface area contributed by atoms with Gasteiger partial charge < -0.3 is 20.4 Å². The van der Waals surface area contributed by atoms with Gasteiger partial charge in [-0.3, -0.25) is 9.59 Å². The molecule has 0 saturated carbocycles. The average molecular weight is 287 g/mol. The predicted octanol–water partition coefficient (Wildman–Crippen LogP) is 1.07. The highest BCUT2D eigenvalue weighted by atomic mass is 16.5. The number of rotatable bonds is 6. The molecule has 0 bridgehead atoms. The molecule has 6 nitrogen and oxygen atoms in total. The SMILES string of the molecule is COc1ccccc1C(=O)NCC(=O)NCc1ccc[nH]1. The van der Waals surface area contributed by atoms with Crippen molar-refractivity contribution in [1.82, 2.24) is 15.6 Å². The normalized spacial score (nSPS) is 9.95. The molecule has 3 N–H and O–H groups in total. The zero-order valence-electron chi connectivity index (χ0n) is 11.7. The van der Waals surface area contributed by atoms with Gasteiger partial charge in [0, 0.05) is 11.9 Å². The zero-order valence-corrected chi connectivity index (χ0v) is 11.7. The summed E-state index contributed by atoms with van der Waals surface area (Å²) in [5, 5.41) is 5.27. The summed E-state index contributed by atoms with van der Waals surface area (Å²) < 4.78 is 5.10. The molecular weight excluding hydrogens is 270 g/mol. The van der Waals surface area contributed by atoms with Crippen LogP contribution in [0.1, 0.15) is 16.1 Å². The van der Waals surface area contributed by atoms with Crippen LogP contribution in [0.4, 0.5) is 0 Å². The minimum atomic E-state index is -0.345. The van der Waals surface area contributed by atoms with E-state index in [4.69, 9.17) is 4.74 Å². The highest BCUT2D eigenvalue weighted by Gasteiger charge is 2.12. The number of ether oxygens (including phenoxy) is 1. The number of aromatic amines is 1. The molecule has 0 saturated heterocycles. The maximum Gasteiger partial charge on any atom is 0.255 e. The van der Waals surface area contributed by atoms with Gasteiger partial charge in [-0.1, -0.05) is 12.1 Å². The van der Waals surface area contributed by atoms with Crippen molar-refractivity contribution < 1.29 is 14.3 Å². The van der Waals surface area contributed by atoms with Crippen molar-refractivity contribution >= 4 is 11.8 Å². The Kier molecular flexibility index (Phi) is 4.98. The molecule has 0 aliphatic heterocycles. The predicted molar refractivity (Wildman–Crippen MR) is 78.0 cm³/mol. The Hall–Kier alpha value is -2.76. The second-order valence-corrected chi connectivity index (χ2v) is 4.36. The molecular formula is C15H17N3O3. The Morgan fingerprint density at radius 2 is 1.95 bits per heavy atom. The third-order valence-electron chi connectivity index (χ3n) is 2.90. The minimum Gasteiger partial charge on any atom is -0.496 e. The smallest absolute Gasteiger partial charge is 0.255 e. The summed E-state index contributed by atoms with van der Waals surface area (Å²) in [4.78, 5) is 26.6. The van der Waals surface area contributed by atoms with Crippen LogP contribution in [-0.2, 0) is 11.3 Å². The van der Waals surface area contributed by atoms with Gasteiger partial charge >= 0.3 is 0 Å². The van der Waals surface area contributed by atoms with Crippen LogP contribution in [0.15, 0.2) is 42.6 Å². The van der Waals surface area contributed by atoms with E-state index >= 15 is 0 Å². The first-order valence-electron chi connectivity index (χ1n) is 6.51. The summed E-state index contributed by atoms with van der Waals surface area (Å²) in [6.45, 7) is 0.313. The summed E-state index contributed by atoms with van der Waals surface area (Å²) in [5.41, 5.74) is 1.30. The van der Waals surface area contributed by atoms with E-state index in [-0.39, 0.29) is 18.4 Å². The van der Waals surface area contributed by atoms with Gasteiger partial charge in [0.25, 0.3) is 5.91 Å². The molecule has 0 spiro atoms. The molecule has 0 radical (unpaired) electrons. The number of amides is 2. The Bertz CT molecular complexity index is 608. The second kappa shape index (κ2) is 7.14. The standard InChI is InChI=1S/C15H17N3O3/c1-21-13-7-3-2-6-12(13)15(20)18-10-14(19)17-9-11-5-4-8-16-11/h2-8,16H,9-10H2,1H3,(H,17,19)(H,18,20). The summed E-state index contributed by atoms with van der Waals surface area (Å²) in [6.07, 6.45) is 1.78. The van der Waals surface area contributed by atoms with E-state index in [1.54, 1.807) is 30.5 Å². The first-order chi connectivity index (χ1) is 10.2. The van der Waals surface area contributed by atoms with Crippen molar-refractivity contribution in [3.05, 3.63) is 53.9 Å². The van der Waals surface area contributed by atoms with E-state index in [1.807, 2.05) is 12.1 Å². The molecule has 1 aromatic carbocycles. The van der Waals surface area contributed by atoms with Crippen molar-refractivity contribution in [3.8, 4) is 5.75 Å².